The Balaban J connectivity index is 1.79. The Morgan fingerprint density at radius 1 is 1.30 bits per heavy atom. The molecule has 0 spiro atoms. The van der Waals surface area contributed by atoms with Gasteiger partial charge in [0.25, 0.3) is 0 Å². The van der Waals surface area contributed by atoms with Crippen LogP contribution in [-0.2, 0) is 6.42 Å². The van der Waals surface area contributed by atoms with Crippen LogP contribution in [0.1, 0.15) is 50.4 Å². The highest BCUT2D eigenvalue weighted by Gasteiger charge is 2.34. The van der Waals surface area contributed by atoms with Crippen molar-refractivity contribution in [2.24, 2.45) is 5.73 Å². The average Bonchev–Trinajstić information content (AvgIpc) is 3.06. The van der Waals surface area contributed by atoms with Crippen LogP contribution in [0.5, 0.6) is 0 Å². The van der Waals surface area contributed by atoms with Crippen LogP contribution in [0, 0.1) is 5.82 Å². The number of rotatable bonds is 3. The topological polar surface area (TPSA) is 43.8 Å². The molecule has 2 saturated carbocycles. The fourth-order valence-electron chi connectivity index (χ4n) is 3.55. The highest BCUT2D eigenvalue weighted by molar-refractivity contribution is 5.76. The highest BCUT2D eigenvalue weighted by Crippen LogP contribution is 2.40. The monoisotopic (exact) mass is 273 g/mol. The lowest BCUT2D eigenvalue weighted by Gasteiger charge is -2.23. The van der Waals surface area contributed by atoms with Gasteiger partial charge in [0, 0.05) is 18.0 Å². The summed E-state index contributed by atoms with van der Waals surface area (Å²) >= 11 is 0. The number of aromatic nitrogens is 2. The fraction of sp³-hybridized carbons (Fsp3) is 0.562. The van der Waals surface area contributed by atoms with Crippen molar-refractivity contribution < 1.29 is 4.39 Å². The Bertz CT molecular complexity index is 651. The summed E-state index contributed by atoms with van der Waals surface area (Å²) < 4.78 is 15.8. The van der Waals surface area contributed by atoms with Gasteiger partial charge in [0.2, 0.25) is 0 Å². The van der Waals surface area contributed by atoms with E-state index in [2.05, 4.69) is 4.57 Å². The quantitative estimate of drug-likeness (QED) is 0.932. The molecule has 0 radical (unpaired) electrons. The average molecular weight is 273 g/mol. The number of fused-ring (bicyclic) bond motifs is 1. The molecule has 0 aliphatic heterocycles. The van der Waals surface area contributed by atoms with Gasteiger partial charge in [-0.1, -0.05) is 12.8 Å². The number of imidazole rings is 1. The van der Waals surface area contributed by atoms with Crippen LogP contribution in [0.2, 0.25) is 0 Å². The zero-order chi connectivity index (χ0) is 13.7. The number of hydrogen-bond donors (Lipinski definition) is 1. The maximum atomic E-state index is 13.5. The molecule has 1 aromatic heterocycles. The highest BCUT2D eigenvalue weighted by atomic mass is 19.1. The van der Waals surface area contributed by atoms with Gasteiger partial charge in [0.15, 0.2) is 0 Å². The minimum Gasteiger partial charge on any atom is -0.325 e. The Hall–Kier alpha value is -1.42. The minimum absolute atomic E-state index is 0.105. The zero-order valence-electron chi connectivity index (χ0n) is 11.6. The Labute approximate surface area is 118 Å². The molecule has 0 amide bonds. The summed E-state index contributed by atoms with van der Waals surface area (Å²) in [6.45, 7) is 0. The Morgan fingerprint density at radius 2 is 2.05 bits per heavy atom. The van der Waals surface area contributed by atoms with Crippen LogP contribution in [0.3, 0.4) is 0 Å². The van der Waals surface area contributed by atoms with E-state index < -0.39 is 0 Å². The summed E-state index contributed by atoms with van der Waals surface area (Å²) in [5, 5.41) is 0. The predicted octanol–water partition coefficient (Wildman–Crippen LogP) is 3.32. The van der Waals surface area contributed by atoms with Crippen LogP contribution >= 0.6 is 0 Å². The second-order valence-electron chi connectivity index (χ2n) is 6.51. The number of hydrogen-bond acceptors (Lipinski definition) is 2. The molecule has 2 aromatic rings. The maximum Gasteiger partial charge on any atom is 0.125 e. The van der Waals surface area contributed by atoms with E-state index in [1.807, 2.05) is 0 Å². The molecule has 2 aliphatic carbocycles. The molecule has 4 heteroatoms. The third kappa shape index (κ3) is 2.03. The van der Waals surface area contributed by atoms with Crippen molar-refractivity contribution in [3.05, 3.63) is 29.8 Å². The molecule has 0 unspecified atom stereocenters. The standard InChI is InChI=1S/C16H20FN3/c17-11-3-6-13-14(9-11)20(12-4-5-12)15(19-13)10-16(18)7-1-2-8-16/h3,6,9,12H,1-2,4-5,7-8,10,18H2. The van der Waals surface area contributed by atoms with Gasteiger partial charge in [0.1, 0.15) is 11.6 Å². The smallest absolute Gasteiger partial charge is 0.125 e. The first kappa shape index (κ1) is 12.3. The molecule has 2 N–H and O–H groups in total. The summed E-state index contributed by atoms with van der Waals surface area (Å²) in [5.41, 5.74) is 8.23. The first-order valence-electron chi connectivity index (χ1n) is 7.60. The Kier molecular flexibility index (Phi) is 2.64. The van der Waals surface area contributed by atoms with Crippen LogP contribution in [0.4, 0.5) is 4.39 Å². The molecule has 3 nitrogen and oxygen atoms in total. The summed E-state index contributed by atoms with van der Waals surface area (Å²) in [5.74, 6) is 0.867. The molecule has 0 bridgehead atoms. The molecule has 0 saturated heterocycles. The van der Waals surface area contributed by atoms with Crippen LogP contribution in [-0.4, -0.2) is 15.1 Å². The van der Waals surface area contributed by atoms with Crippen molar-refractivity contribution in [1.82, 2.24) is 9.55 Å². The Morgan fingerprint density at radius 3 is 2.75 bits per heavy atom. The molecule has 1 aromatic carbocycles. The molecule has 20 heavy (non-hydrogen) atoms. The molecule has 2 aliphatic rings. The van der Waals surface area contributed by atoms with Crippen molar-refractivity contribution in [3.8, 4) is 0 Å². The largest absolute Gasteiger partial charge is 0.325 e. The van der Waals surface area contributed by atoms with Gasteiger partial charge in [-0.3, -0.25) is 0 Å². The van der Waals surface area contributed by atoms with Crippen molar-refractivity contribution >= 4 is 11.0 Å². The van der Waals surface area contributed by atoms with E-state index in [4.69, 9.17) is 10.7 Å². The number of nitrogens with zero attached hydrogens (tertiary/aromatic N) is 2. The molecule has 106 valence electrons. The predicted molar refractivity (Wildman–Crippen MR) is 77.1 cm³/mol. The first-order valence-corrected chi connectivity index (χ1v) is 7.60. The van der Waals surface area contributed by atoms with Gasteiger partial charge in [-0.05, 0) is 43.9 Å². The summed E-state index contributed by atoms with van der Waals surface area (Å²) in [4.78, 5) is 4.74. The number of benzene rings is 1. The van der Waals surface area contributed by atoms with Gasteiger partial charge in [-0.15, -0.1) is 0 Å². The molecular formula is C16H20FN3. The summed E-state index contributed by atoms with van der Waals surface area (Å²) in [7, 11) is 0. The minimum atomic E-state index is -0.186. The normalized spacial score (nSPS) is 21.7. The van der Waals surface area contributed by atoms with E-state index in [-0.39, 0.29) is 11.4 Å². The van der Waals surface area contributed by atoms with Crippen molar-refractivity contribution in [2.45, 2.75) is 56.5 Å². The van der Waals surface area contributed by atoms with Crippen molar-refractivity contribution in [1.29, 1.82) is 0 Å². The second kappa shape index (κ2) is 4.29. The van der Waals surface area contributed by atoms with Crippen LogP contribution < -0.4 is 5.73 Å². The van der Waals surface area contributed by atoms with Gasteiger partial charge in [0.05, 0.1) is 11.0 Å². The summed E-state index contributed by atoms with van der Waals surface area (Å²) in [6.07, 6.45) is 7.76. The molecular weight excluding hydrogens is 253 g/mol. The van der Waals surface area contributed by atoms with Crippen LogP contribution in [0.15, 0.2) is 18.2 Å². The fourth-order valence-corrected chi connectivity index (χ4v) is 3.55. The van der Waals surface area contributed by atoms with Gasteiger partial charge >= 0.3 is 0 Å². The van der Waals surface area contributed by atoms with E-state index in [9.17, 15) is 4.39 Å². The molecule has 2 fully saturated rings. The number of nitrogens with two attached hydrogens (primary N) is 1. The van der Waals surface area contributed by atoms with Gasteiger partial charge < -0.3 is 10.3 Å². The lowest BCUT2D eigenvalue weighted by atomic mass is 9.94. The van der Waals surface area contributed by atoms with Gasteiger partial charge in [-0.2, -0.15) is 0 Å². The van der Waals surface area contributed by atoms with E-state index in [1.165, 1.54) is 31.7 Å². The molecule has 1 heterocycles. The van der Waals surface area contributed by atoms with Crippen molar-refractivity contribution in [2.75, 3.05) is 0 Å². The van der Waals surface area contributed by atoms with E-state index >= 15 is 0 Å². The molecule has 4 rings (SSSR count). The number of halogens is 1. The second-order valence-corrected chi connectivity index (χ2v) is 6.51. The third-order valence-electron chi connectivity index (χ3n) is 4.75. The lowest BCUT2D eigenvalue weighted by Crippen LogP contribution is -2.39. The summed E-state index contributed by atoms with van der Waals surface area (Å²) in [6, 6.07) is 5.39. The first-order chi connectivity index (χ1) is 9.65. The van der Waals surface area contributed by atoms with Gasteiger partial charge in [-0.25, -0.2) is 9.37 Å². The molecule has 0 atom stereocenters. The SMILES string of the molecule is NC1(Cc2nc3ccc(F)cc3n2C2CC2)CCCC1. The lowest BCUT2D eigenvalue weighted by molar-refractivity contribution is 0.419. The maximum absolute atomic E-state index is 13.5. The van der Waals surface area contributed by atoms with E-state index in [1.54, 1.807) is 12.1 Å². The van der Waals surface area contributed by atoms with Crippen molar-refractivity contribution in [3.63, 3.8) is 0 Å². The van der Waals surface area contributed by atoms with E-state index in [0.717, 1.165) is 36.1 Å². The third-order valence-corrected chi connectivity index (χ3v) is 4.75. The van der Waals surface area contributed by atoms with Crippen LogP contribution in [0.25, 0.3) is 11.0 Å². The zero-order valence-corrected chi connectivity index (χ0v) is 11.6. The van der Waals surface area contributed by atoms with E-state index in [0.29, 0.717) is 6.04 Å².